The van der Waals surface area contributed by atoms with Gasteiger partial charge in [0, 0.05) is 31.0 Å². The molecule has 1 aliphatic rings. The van der Waals surface area contributed by atoms with Crippen LogP contribution < -0.4 is 5.32 Å². The van der Waals surface area contributed by atoms with Crippen molar-refractivity contribution in [2.75, 3.05) is 18.4 Å². The fraction of sp³-hybridized carbons (Fsp3) is 0.231. The third-order valence-electron chi connectivity index (χ3n) is 6.00. The van der Waals surface area contributed by atoms with E-state index in [1.165, 1.54) is 6.07 Å². The molecule has 35 heavy (non-hydrogen) atoms. The van der Waals surface area contributed by atoms with Crippen molar-refractivity contribution >= 4 is 28.9 Å². The van der Waals surface area contributed by atoms with Gasteiger partial charge in [-0.3, -0.25) is 24.5 Å². The number of hydrogen-bond acceptors (Lipinski definition) is 6. The van der Waals surface area contributed by atoms with E-state index in [4.69, 9.17) is 5.26 Å². The summed E-state index contributed by atoms with van der Waals surface area (Å²) in [6.07, 6.45) is 6.41. The quantitative estimate of drug-likeness (QED) is 0.481. The van der Waals surface area contributed by atoms with Crippen molar-refractivity contribution in [1.29, 1.82) is 5.26 Å². The Morgan fingerprint density at radius 2 is 1.86 bits per heavy atom. The highest BCUT2D eigenvalue weighted by Gasteiger charge is 2.22. The van der Waals surface area contributed by atoms with E-state index in [0.29, 0.717) is 34.4 Å². The van der Waals surface area contributed by atoms with Gasteiger partial charge in [0.05, 0.1) is 29.4 Å². The van der Waals surface area contributed by atoms with Crippen LogP contribution in [0.25, 0.3) is 11.2 Å². The number of carbonyl (C=O) groups is 2. The van der Waals surface area contributed by atoms with Crippen molar-refractivity contribution in [3.05, 3.63) is 83.3 Å². The predicted molar refractivity (Wildman–Crippen MR) is 130 cm³/mol. The number of anilines is 1. The lowest BCUT2D eigenvalue weighted by Gasteiger charge is -2.26. The number of likely N-dealkylation sites (tertiary alicyclic amines) is 1. The Kier molecular flexibility index (Phi) is 6.18. The van der Waals surface area contributed by atoms with E-state index in [9.17, 15) is 9.59 Å². The Morgan fingerprint density at radius 1 is 1.00 bits per heavy atom. The number of nitriles is 1. The first-order valence-electron chi connectivity index (χ1n) is 11.5. The molecule has 0 saturated carbocycles. The van der Waals surface area contributed by atoms with Crippen LogP contribution in [0.15, 0.2) is 60.9 Å². The number of fused-ring (bicyclic) bond motifs is 1. The minimum absolute atomic E-state index is 0.0581. The van der Waals surface area contributed by atoms with E-state index in [1.807, 2.05) is 29.2 Å². The van der Waals surface area contributed by atoms with Crippen molar-refractivity contribution in [3.63, 3.8) is 0 Å². The zero-order chi connectivity index (χ0) is 24.2. The molecule has 2 amide bonds. The van der Waals surface area contributed by atoms with Gasteiger partial charge in [0.25, 0.3) is 11.8 Å². The number of hydrogen-bond donors (Lipinski definition) is 1. The van der Waals surface area contributed by atoms with Crippen molar-refractivity contribution in [2.45, 2.75) is 25.8 Å². The first-order valence-corrected chi connectivity index (χ1v) is 11.5. The monoisotopic (exact) mass is 465 g/mol. The minimum atomic E-state index is -0.399. The van der Waals surface area contributed by atoms with Crippen LogP contribution in [0.2, 0.25) is 0 Å². The third-order valence-corrected chi connectivity index (χ3v) is 6.00. The van der Waals surface area contributed by atoms with Gasteiger partial charge in [-0.2, -0.15) is 5.26 Å². The van der Waals surface area contributed by atoms with Gasteiger partial charge in [0.15, 0.2) is 5.65 Å². The molecule has 9 nitrogen and oxygen atoms in total. The number of piperidine rings is 1. The van der Waals surface area contributed by atoms with Crippen LogP contribution >= 0.6 is 0 Å². The van der Waals surface area contributed by atoms with E-state index < -0.39 is 5.91 Å². The van der Waals surface area contributed by atoms with Crippen molar-refractivity contribution in [1.82, 2.24) is 24.4 Å². The van der Waals surface area contributed by atoms with Crippen LogP contribution in [0.4, 0.5) is 5.95 Å². The second-order valence-electron chi connectivity index (χ2n) is 8.41. The summed E-state index contributed by atoms with van der Waals surface area (Å²) in [6, 6.07) is 15.8. The first kappa shape index (κ1) is 22.2. The van der Waals surface area contributed by atoms with Gasteiger partial charge < -0.3 is 4.90 Å². The molecule has 0 radical (unpaired) electrons. The molecule has 1 N–H and O–H groups in total. The maximum Gasteiger partial charge on any atom is 0.258 e. The summed E-state index contributed by atoms with van der Waals surface area (Å²) in [7, 11) is 0. The second kappa shape index (κ2) is 9.73. The average molecular weight is 466 g/mol. The molecule has 3 aromatic heterocycles. The summed E-state index contributed by atoms with van der Waals surface area (Å²) in [5.74, 6) is -0.172. The molecule has 0 unspecified atom stereocenters. The van der Waals surface area contributed by atoms with Gasteiger partial charge in [0.2, 0.25) is 5.95 Å². The molecule has 0 spiro atoms. The topological polar surface area (TPSA) is 117 Å². The lowest BCUT2D eigenvalue weighted by atomic mass is 10.1. The molecular formula is C26H23N7O2. The van der Waals surface area contributed by atoms with Crippen LogP contribution in [-0.4, -0.2) is 49.3 Å². The SMILES string of the molecule is N#Cc1cccc(C(=O)Nc2nc3cc(C(=O)N4CCCCC4)cnc3n2Cc2ccccn2)c1. The Labute approximate surface area is 202 Å². The van der Waals surface area contributed by atoms with Gasteiger partial charge in [-0.25, -0.2) is 9.97 Å². The summed E-state index contributed by atoms with van der Waals surface area (Å²) in [6.45, 7) is 1.82. The molecule has 1 fully saturated rings. The zero-order valence-electron chi connectivity index (χ0n) is 19.0. The maximum absolute atomic E-state index is 13.0. The smallest absolute Gasteiger partial charge is 0.258 e. The number of rotatable bonds is 5. The zero-order valence-corrected chi connectivity index (χ0v) is 19.0. The predicted octanol–water partition coefficient (Wildman–Crippen LogP) is 3.62. The summed E-state index contributed by atoms with van der Waals surface area (Å²) >= 11 is 0. The molecule has 1 saturated heterocycles. The molecule has 0 bridgehead atoms. The number of carbonyl (C=O) groups excluding carboxylic acids is 2. The molecule has 0 atom stereocenters. The van der Waals surface area contributed by atoms with E-state index >= 15 is 0 Å². The van der Waals surface area contributed by atoms with E-state index in [0.717, 1.165) is 38.0 Å². The standard InChI is InChI=1S/C26H23N7O2/c27-15-18-7-6-8-19(13-18)24(34)31-26-30-22-14-20(25(35)32-11-4-1-5-12-32)16-29-23(22)33(26)17-21-9-2-3-10-28-21/h2-3,6-10,13-14,16H,1,4-5,11-12,17H2,(H,30,31,34). The highest BCUT2D eigenvalue weighted by Crippen LogP contribution is 2.22. The fourth-order valence-corrected chi connectivity index (χ4v) is 4.21. The second-order valence-corrected chi connectivity index (χ2v) is 8.41. The molecule has 1 aromatic carbocycles. The Balaban J connectivity index is 1.51. The minimum Gasteiger partial charge on any atom is -0.339 e. The molecular weight excluding hydrogens is 442 g/mol. The van der Waals surface area contributed by atoms with Crippen LogP contribution in [-0.2, 0) is 6.54 Å². The van der Waals surface area contributed by atoms with Crippen molar-refractivity contribution in [3.8, 4) is 6.07 Å². The lowest BCUT2D eigenvalue weighted by Crippen LogP contribution is -2.35. The maximum atomic E-state index is 13.0. The summed E-state index contributed by atoms with van der Waals surface area (Å²) in [5.41, 5.74) is 3.01. The summed E-state index contributed by atoms with van der Waals surface area (Å²) < 4.78 is 1.76. The number of nitrogens with one attached hydrogen (secondary N) is 1. The highest BCUT2D eigenvalue weighted by molar-refractivity contribution is 6.04. The van der Waals surface area contributed by atoms with Gasteiger partial charge in [0.1, 0.15) is 5.52 Å². The Morgan fingerprint density at radius 3 is 2.63 bits per heavy atom. The molecule has 9 heteroatoms. The van der Waals surface area contributed by atoms with Crippen LogP contribution in [0, 0.1) is 11.3 Å². The summed E-state index contributed by atoms with van der Waals surface area (Å²) in [5, 5.41) is 12.0. The molecule has 0 aliphatic carbocycles. The van der Waals surface area contributed by atoms with Crippen molar-refractivity contribution < 1.29 is 9.59 Å². The van der Waals surface area contributed by atoms with Gasteiger partial charge >= 0.3 is 0 Å². The third kappa shape index (κ3) is 4.73. The van der Waals surface area contributed by atoms with Gasteiger partial charge in [-0.05, 0) is 55.7 Å². The number of pyridine rings is 2. The lowest BCUT2D eigenvalue weighted by molar-refractivity contribution is 0.0724. The van der Waals surface area contributed by atoms with Crippen LogP contribution in [0.5, 0.6) is 0 Å². The molecule has 1 aliphatic heterocycles. The fourth-order valence-electron chi connectivity index (χ4n) is 4.21. The van der Waals surface area contributed by atoms with Gasteiger partial charge in [-0.1, -0.05) is 12.1 Å². The molecule has 4 aromatic rings. The van der Waals surface area contributed by atoms with E-state index in [1.54, 1.807) is 41.2 Å². The number of amides is 2. The van der Waals surface area contributed by atoms with E-state index in [2.05, 4.69) is 20.3 Å². The van der Waals surface area contributed by atoms with Crippen LogP contribution in [0.1, 0.15) is 51.2 Å². The molecule has 5 rings (SSSR count). The van der Waals surface area contributed by atoms with Crippen LogP contribution in [0.3, 0.4) is 0 Å². The number of nitrogens with zero attached hydrogens (tertiary/aromatic N) is 6. The number of imidazole rings is 1. The first-order chi connectivity index (χ1) is 17.1. The summed E-state index contributed by atoms with van der Waals surface area (Å²) in [4.78, 5) is 41.4. The van der Waals surface area contributed by atoms with Crippen molar-refractivity contribution in [2.24, 2.45) is 0 Å². The number of benzene rings is 1. The largest absolute Gasteiger partial charge is 0.339 e. The van der Waals surface area contributed by atoms with E-state index in [-0.39, 0.29) is 11.9 Å². The molecule has 4 heterocycles. The normalized spacial score (nSPS) is 13.4. The highest BCUT2D eigenvalue weighted by atomic mass is 16.2. The Hall–Kier alpha value is -4.58. The molecule has 174 valence electrons. The number of aromatic nitrogens is 4. The Bertz CT molecular complexity index is 1430. The average Bonchev–Trinajstić information content (AvgIpc) is 3.25. The van der Waals surface area contributed by atoms with Gasteiger partial charge in [-0.15, -0.1) is 0 Å².